The number of amides is 1. The van der Waals surface area contributed by atoms with Gasteiger partial charge in [-0.1, -0.05) is 43.4 Å². The molecule has 9 heteroatoms. The first-order valence-corrected chi connectivity index (χ1v) is 10.9. The number of nitrogens with zero attached hydrogens (tertiary/aromatic N) is 3. The van der Waals surface area contributed by atoms with Gasteiger partial charge in [-0.25, -0.2) is 14.4 Å². The fourth-order valence-electron chi connectivity index (χ4n) is 4.04. The number of rotatable bonds is 6. The van der Waals surface area contributed by atoms with E-state index in [2.05, 4.69) is 15.3 Å². The molecule has 1 aromatic carbocycles. The van der Waals surface area contributed by atoms with Gasteiger partial charge in [-0.2, -0.15) is 0 Å². The highest BCUT2D eigenvalue weighted by Gasteiger charge is 2.28. The Morgan fingerprint density at radius 2 is 2.10 bits per heavy atom. The second-order valence-electron chi connectivity index (χ2n) is 7.65. The first-order valence-electron chi connectivity index (χ1n) is 10.1. The Bertz CT molecular complexity index is 1110. The standard InChI is InChI=1S/C21H23FN4O3S/c22-14-6-7-17-16(9-14)20(29)26(12-24-17)18(8-13-4-2-1-3-5-13)19(28)25-21-23-10-15(11-27)30-21/h6-7,9-10,12-13,18,27H,1-5,8,11H2,(H,23,25,28). The van der Waals surface area contributed by atoms with Crippen LogP contribution in [-0.4, -0.2) is 25.5 Å². The molecule has 0 spiro atoms. The van der Waals surface area contributed by atoms with E-state index in [1.54, 1.807) is 0 Å². The SMILES string of the molecule is O=C(Nc1ncc(CO)s1)C(CC1CCCCC1)n1cnc2ccc(F)cc2c1=O. The second kappa shape index (κ2) is 9.01. The van der Waals surface area contributed by atoms with Crippen LogP contribution in [0, 0.1) is 11.7 Å². The molecule has 4 rings (SSSR count). The Balaban J connectivity index is 1.69. The highest BCUT2D eigenvalue weighted by atomic mass is 32.1. The molecule has 0 saturated heterocycles. The molecule has 3 aromatic rings. The number of aliphatic hydroxyl groups excluding tert-OH is 1. The van der Waals surface area contributed by atoms with Crippen LogP contribution in [0.1, 0.15) is 49.4 Å². The van der Waals surface area contributed by atoms with Crippen molar-refractivity contribution in [3.8, 4) is 0 Å². The van der Waals surface area contributed by atoms with Gasteiger partial charge in [0.1, 0.15) is 11.9 Å². The van der Waals surface area contributed by atoms with Gasteiger partial charge in [0.2, 0.25) is 5.91 Å². The topological polar surface area (TPSA) is 97.1 Å². The molecule has 1 fully saturated rings. The Kier molecular flexibility index (Phi) is 6.19. The molecule has 1 atom stereocenters. The molecule has 1 aliphatic rings. The predicted molar refractivity (Wildman–Crippen MR) is 113 cm³/mol. The summed E-state index contributed by atoms with van der Waals surface area (Å²) < 4.78 is 15.0. The van der Waals surface area contributed by atoms with Crippen LogP contribution >= 0.6 is 11.3 Å². The Labute approximate surface area is 176 Å². The van der Waals surface area contributed by atoms with Crippen LogP contribution in [0.15, 0.2) is 35.5 Å². The van der Waals surface area contributed by atoms with E-state index in [1.807, 2.05) is 0 Å². The number of aliphatic hydroxyl groups is 1. The number of hydrogen-bond donors (Lipinski definition) is 2. The van der Waals surface area contributed by atoms with Crippen LogP contribution in [0.3, 0.4) is 0 Å². The van der Waals surface area contributed by atoms with Crippen LogP contribution in [0.2, 0.25) is 0 Å². The minimum absolute atomic E-state index is 0.149. The van der Waals surface area contributed by atoms with E-state index in [-0.39, 0.29) is 17.9 Å². The van der Waals surface area contributed by atoms with Crippen molar-refractivity contribution in [1.82, 2.24) is 14.5 Å². The molecule has 1 unspecified atom stereocenters. The maximum absolute atomic E-state index is 13.7. The van der Waals surface area contributed by atoms with E-state index in [0.29, 0.717) is 27.9 Å². The number of anilines is 1. The summed E-state index contributed by atoms with van der Waals surface area (Å²) in [5.74, 6) is -0.556. The van der Waals surface area contributed by atoms with Crippen molar-refractivity contribution in [3.05, 3.63) is 51.8 Å². The molecule has 7 nitrogen and oxygen atoms in total. The van der Waals surface area contributed by atoms with Crippen LogP contribution in [0.25, 0.3) is 10.9 Å². The summed E-state index contributed by atoms with van der Waals surface area (Å²) in [7, 11) is 0. The van der Waals surface area contributed by atoms with Crippen molar-refractivity contribution >= 4 is 33.3 Å². The fourth-order valence-corrected chi connectivity index (χ4v) is 4.72. The maximum Gasteiger partial charge on any atom is 0.262 e. The van der Waals surface area contributed by atoms with E-state index in [1.165, 1.54) is 47.0 Å². The second-order valence-corrected chi connectivity index (χ2v) is 8.77. The molecule has 0 radical (unpaired) electrons. The lowest BCUT2D eigenvalue weighted by Crippen LogP contribution is -2.35. The molecular weight excluding hydrogens is 407 g/mol. The van der Waals surface area contributed by atoms with Crippen LogP contribution in [-0.2, 0) is 11.4 Å². The maximum atomic E-state index is 13.7. The number of carbonyl (C=O) groups is 1. The van der Waals surface area contributed by atoms with E-state index >= 15 is 0 Å². The number of nitrogens with one attached hydrogen (secondary N) is 1. The largest absolute Gasteiger partial charge is 0.391 e. The lowest BCUT2D eigenvalue weighted by molar-refractivity contribution is -0.120. The van der Waals surface area contributed by atoms with Crippen molar-refractivity contribution in [1.29, 1.82) is 0 Å². The molecule has 1 amide bonds. The number of carbonyl (C=O) groups excluding carboxylic acids is 1. The molecule has 1 aliphatic carbocycles. The van der Waals surface area contributed by atoms with Gasteiger partial charge in [0.25, 0.3) is 5.56 Å². The zero-order valence-corrected chi connectivity index (χ0v) is 17.2. The van der Waals surface area contributed by atoms with E-state index in [4.69, 9.17) is 0 Å². The van der Waals surface area contributed by atoms with Crippen LogP contribution < -0.4 is 10.9 Å². The first kappa shape index (κ1) is 20.6. The average molecular weight is 431 g/mol. The van der Waals surface area contributed by atoms with Gasteiger partial charge in [0.05, 0.1) is 28.7 Å². The molecule has 30 heavy (non-hydrogen) atoms. The van der Waals surface area contributed by atoms with Gasteiger partial charge in [0.15, 0.2) is 5.13 Å². The predicted octanol–water partition coefficient (Wildman–Crippen LogP) is 3.63. The minimum Gasteiger partial charge on any atom is -0.391 e. The van der Waals surface area contributed by atoms with E-state index in [0.717, 1.165) is 31.7 Å². The quantitative estimate of drug-likeness (QED) is 0.622. The van der Waals surface area contributed by atoms with Gasteiger partial charge >= 0.3 is 0 Å². The molecule has 1 saturated carbocycles. The third-order valence-corrected chi connectivity index (χ3v) is 6.50. The summed E-state index contributed by atoms with van der Waals surface area (Å²) in [5.41, 5.74) is -0.0485. The number of fused-ring (bicyclic) bond motifs is 1. The summed E-state index contributed by atoms with van der Waals surface area (Å²) >= 11 is 1.18. The Morgan fingerprint density at radius 1 is 1.30 bits per heavy atom. The molecule has 0 aliphatic heterocycles. The van der Waals surface area contributed by atoms with Crippen LogP contribution in [0.5, 0.6) is 0 Å². The highest BCUT2D eigenvalue weighted by Crippen LogP contribution is 2.31. The molecular formula is C21H23FN4O3S. The molecule has 158 valence electrons. The summed E-state index contributed by atoms with van der Waals surface area (Å²) in [6, 6.07) is 3.10. The number of aromatic nitrogens is 3. The first-order chi connectivity index (χ1) is 14.5. The number of hydrogen-bond acceptors (Lipinski definition) is 6. The lowest BCUT2D eigenvalue weighted by Gasteiger charge is -2.27. The zero-order valence-electron chi connectivity index (χ0n) is 16.4. The zero-order chi connectivity index (χ0) is 21.1. The normalized spacial score (nSPS) is 15.9. The third kappa shape index (κ3) is 4.41. The van der Waals surface area contributed by atoms with Gasteiger partial charge in [-0.15, -0.1) is 0 Å². The van der Waals surface area contributed by atoms with Gasteiger partial charge < -0.3 is 10.4 Å². The van der Waals surface area contributed by atoms with Crippen molar-refractivity contribution in [2.75, 3.05) is 5.32 Å². The van der Waals surface area contributed by atoms with Gasteiger partial charge in [0, 0.05) is 6.20 Å². The Hall–Kier alpha value is -2.65. The van der Waals surface area contributed by atoms with Crippen molar-refractivity contribution in [2.24, 2.45) is 5.92 Å². The van der Waals surface area contributed by atoms with Crippen LogP contribution in [0.4, 0.5) is 9.52 Å². The van der Waals surface area contributed by atoms with E-state index < -0.39 is 17.4 Å². The van der Waals surface area contributed by atoms with Crippen molar-refractivity contribution < 1.29 is 14.3 Å². The average Bonchev–Trinajstić information content (AvgIpc) is 3.21. The number of thiazole rings is 1. The summed E-state index contributed by atoms with van der Waals surface area (Å²) in [5, 5.41) is 12.5. The van der Waals surface area contributed by atoms with Crippen molar-refractivity contribution in [3.63, 3.8) is 0 Å². The van der Waals surface area contributed by atoms with E-state index in [9.17, 15) is 19.1 Å². The number of halogens is 1. The fraction of sp³-hybridized carbons (Fsp3) is 0.429. The summed E-state index contributed by atoms with van der Waals surface area (Å²) in [4.78, 5) is 35.3. The molecule has 2 N–H and O–H groups in total. The molecule has 2 aromatic heterocycles. The summed E-state index contributed by atoms with van der Waals surface area (Å²) in [6.07, 6.45) is 8.82. The molecule has 0 bridgehead atoms. The molecule has 2 heterocycles. The highest BCUT2D eigenvalue weighted by molar-refractivity contribution is 7.15. The van der Waals surface area contributed by atoms with Gasteiger partial charge in [-0.3, -0.25) is 14.2 Å². The number of benzene rings is 1. The van der Waals surface area contributed by atoms with Gasteiger partial charge in [-0.05, 0) is 30.5 Å². The third-order valence-electron chi connectivity index (χ3n) is 5.60. The smallest absolute Gasteiger partial charge is 0.262 e. The lowest BCUT2D eigenvalue weighted by atomic mass is 9.84. The summed E-state index contributed by atoms with van der Waals surface area (Å²) in [6.45, 7) is -0.154. The monoisotopic (exact) mass is 430 g/mol. The van der Waals surface area contributed by atoms with Crippen molar-refractivity contribution in [2.45, 2.75) is 51.2 Å². The Morgan fingerprint density at radius 3 is 2.83 bits per heavy atom. The minimum atomic E-state index is -0.776.